The molecule has 0 fully saturated rings. The van der Waals surface area contributed by atoms with Crippen molar-refractivity contribution in [2.45, 2.75) is 0 Å². The van der Waals surface area contributed by atoms with Gasteiger partial charge in [0, 0.05) is 23.8 Å². The van der Waals surface area contributed by atoms with Gasteiger partial charge in [0.25, 0.3) is 5.69 Å². The first-order chi connectivity index (χ1) is 12.1. The molecule has 0 aliphatic carbocycles. The number of hydrogen-bond acceptors (Lipinski definition) is 6. The summed E-state index contributed by atoms with van der Waals surface area (Å²) in [5, 5.41) is 22.4. The number of benzene rings is 2. The number of anilines is 1. The molecule has 0 bridgehead atoms. The second kappa shape index (κ2) is 7.45. The monoisotopic (exact) mass is 352 g/mol. The fourth-order valence-corrected chi connectivity index (χ4v) is 2.75. The fourth-order valence-electron chi connectivity index (χ4n) is 2.00. The molecule has 0 saturated carbocycles. The molecule has 0 unspecified atom stereocenters. The summed E-state index contributed by atoms with van der Waals surface area (Å²) in [6.07, 6.45) is 2.91. The molecular formula is C17H12N4O3S. The summed E-state index contributed by atoms with van der Waals surface area (Å²) in [5.41, 5.74) is 1.62. The molecule has 0 atom stereocenters. The van der Waals surface area contributed by atoms with Crippen molar-refractivity contribution in [2.24, 2.45) is 0 Å². The molecule has 8 heteroatoms. The first-order valence-electron chi connectivity index (χ1n) is 7.24. The van der Waals surface area contributed by atoms with E-state index in [-0.39, 0.29) is 11.6 Å². The van der Waals surface area contributed by atoms with Gasteiger partial charge in [-0.1, -0.05) is 41.7 Å². The number of non-ortho nitro benzene ring substituents is 1. The van der Waals surface area contributed by atoms with Gasteiger partial charge >= 0.3 is 0 Å². The number of nitrogens with zero attached hydrogens (tertiary/aromatic N) is 3. The maximum absolute atomic E-state index is 11.9. The Kier molecular flexibility index (Phi) is 4.91. The summed E-state index contributed by atoms with van der Waals surface area (Å²) in [4.78, 5) is 22.1. The molecular weight excluding hydrogens is 340 g/mol. The normalized spacial score (nSPS) is 10.7. The van der Waals surface area contributed by atoms with Crippen LogP contribution in [0.15, 0.2) is 60.7 Å². The lowest BCUT2D eigenvalue weighted by Crippen LogP contribution is -2.07. The molecule has 0 aliphatic heterocycles. The van der Waals surface area contributed by atoms with E-state index in [4.69, 9.17) is 0 Å². The number of aromatic nitrogens is 2. The highest BCUT2D eigenvalue weighted by atomic mass is 32.1. The zero-order chi connectivity index (χ0) is 17.6. The molecule has 0 aliphatic rings. The number of carbonyl (C=O) groups excluding carboxylic acids is 1. The number of nitrogens with one attached hydrogen (secondary N) is 1. The zero-order valence-corrected chi connectivity index (χ0v) is 13.6. The third-order valence-electron chi connectivity index (χ3n) is 3.21. The Labute approximate surface area is 146 Å². The van der Waals surface area contributed by atoms with Crippen LogP contribution in [0.3, 0.4) is 0 Å². The van der Waals surface area contributed by atoms with Crippen LogP contribution in [0.2, 0.25) is 0 Å². The van der Waals surface area contributed by atoms with Gasteiger partial charge in [-0.05, 0) is 23.8 Å². The highest BCUT2D eigenvalue weighted by Crippen LogP contribution is 2.25. The third kappa shape index (κ3) is 4.33. The minimum Gasteiger partial charge on any atom is -0.297 e. The standard InChI is InChI=1S/C17H12N4O3S/c22-15(11-8-12-6-9-14(10-7-12)21(23)24)18-17-20-19-16(25-17)13-4-2-1-3-5-13/h1-11H,(H,18,20,22)/b11-8+. The van der Waals surface area contributed by atoms with Gasteiger partial charge in [0.15, 0.2) is 0 Å². The number of amides is 1. The average molecular weight is 352 g/mol. The number of hydrogen-bond donors (Lipinski definition) is 1. The largest absolute Gasteiger partial charge is 0.297 e. The second-order valence-corrected chi connectivity index (χ2v) is 5.93. The van der Waals surface area contributed by atoms with E-state index < -0.39 is 4.92 Å². The van der Waals surface area contributed by atoms with Gasteiger partial charge in [0.2, 0.25) is 11.0 Å². The Bertz CT molecular complexity index is 921. The predicted molar refractivity (Wildman–Crippen MR) is 96.1 cm³/mol. The van der Waals surface area contributed by atoms with E-state index in [1.165, 1.54) is 29.5 Å². The van der Waals surface area contributed by atoms with Crippen molar-refractivity contribution in [3.05, 3.63) is 76.4 Å². The maximum atomic E-state index is 11.9. The van der Waals surface area contributed by atoms with Gasteiger partial charge in [-0.3, -0.25) is 20.2 Å². The molecule has 7 nitrogen and oxygen atoms in total. The van der Waals surface area contributed by atoms with Crippen LogP contribution in [0.4, 0.5) is 10.8 Å². The Morgan fingerprint density at radius 2 is 1.80 bits per heavy atom. The van der Waals surface area contributed by atoms with Gasteiger partial charge in [-0.2, -0.15) is 0 Å². The highest BCUT2D eigenvalue weighted by Gasteiger charge is 2.08. The van der Waals surface area contributed by atoms with E-state index in [2.05, 4.69) is 15.5 Å². The minimum absolute atomic E-state index is 0.00361. The van der Waals surface area contributed by atoms with E-state index in [9.17, 15) is 14.9 Å². The summed E-state index contributed by atoms with van der Waals surface area (Å²) in [6.45, 7) is 0. The van der Waals surface area contributed by atoms with Crippen molar-refractivity contribution >= 4 is 34.1 Å². The first-order valence-corrected chi connectivity index (χ1v) is 8.06. The highest BCUT2D eigenvalue weighted by molar-refractivity contribution is 7.18. The van der Waals surface area contributed by atoms with Crippen LogP contribution in [0.25, 0.3) is 16.6 Å². The van der Waals surface area contributed by atoms with E-state index >= 15 is 0 Å². The first kappa shape index (κ1) is 16.5. The van der Waals surface area contributed by atoms with Crippen molar-refractivity contribution in [1.82, 2.24) is 10.2 Å². The van der Waals surface area contributed by atoms with Crippen LogP contribution in [0.5, 0.6) is 0 Å². The Morgan fingerprint density at radius 1 is 1.08 bits per heavy atom. The lowest BCUT2D eigenvalue weighted by molar-refractivity contribution is -0.384. The van der Waals surface area contributed by atoms with Crippen LogP contribution in [-0.4, -0.2) is 21.0 Å². The number of nitro benzene ring substituents is 1. The van der Waals surface area contributed by atoms with Crippen molar-refractivity contribution in [1.29, 1.82) is 0 Å². The molecule has 0 saturated heterocycles. The molecule has 3 rings (SSSR count). The van der Waals surface area contributed by atoms with Gasteiger partial charge in [-0.25, -0.2) is 0 Å². The molecule has 1 amide bonds. The summed E-state index contributed by atoms with van der Waals surface area (Å²) < 4.78 is 0. The number of rotatable bonds is 5. The van der Waals surface area contributed by atoms with E-state index in [0.29, 0.717) is 10.7 Å². The molecule has 0 radical (unpaired) electrons. The van der Waals surface area contributed by atoms with E-state index in [1.807, 2.05) is 30.3 Å². The Morgan fingerprint density at radius 3 is 2.48 bits per heavy atom. The smallest absolute Gasteiger partial charge is 0.269 e. The van der Waals surface area contributed by atoms with Crippen molar-refractivity contribution in [3.8, 4) is 10.6 Å². The summed E-state index contributed by atoms with van der Waals surface area (Å²) >= 11 is 1.28. The van der Waals surface area contributed by atoms with Crippen LogP contribution in [0.1, 0.15) is 5.56 Å². The number of carbonyl (C=O) groups is 1. The van der Waals surface area contributed by atoms with Crippen molar-refractivity contribution < 1.29 is 9.72 Å². The van der Waals surface area contributed by atoms with Gasteiger partial charge in [0.1, 0.15) is 5.01 Å². The third-order valence-corrected chi connectivity index (χ3v) is 4.09. The van der Waals surface area contributed by atoms with Gasteiger partial charge in [0.05, 0.1) is 4.92 Å². The van der Waals surface area contributed by atoms with Crippen LogP contribution < -0.4 is 5.32 Å². The van der Waals surface area contributed by atoms with Crippen LogP contribution in [0, 0.1) is 10.1 Å². The lowest BCUT2D eigenvalue weighted by atomic mass is 10.2. The van der Waals surface area contributed by atoms with E-state index in [0.717, 1.165) is 10.6 Å². The molecule has 1 aromatic heterocycles. The van der Waals surface area contributed by atoms with Gasteiger partial charge in [-0.15, -0.1) is 10.2 Å². The summed E-state index contributed by atoms with van der Waals surface area (Å²) in [6, 6.07) is 15.5. The topological polar surface area (TPSA) is 98.0 Å². The number of nitro groups is 1. The lowest BCUT2D eigenvalue weighted by Gasteiger charge is -1.96. The predicted octanol–water partition coefficient (Wildman–Crippen LogP) is 3.77. The molecule has 1 heterocycles. The zero-order valence-electron chi connectivity index (χ0n) is 12.8. The molecule has 0 spiro atoms. The quantitative estimate of drug-likeness (QED) is 0.428. The van der Waals surface area contributed by atoms with Gasteiger partial charge < -0.3 is 0 Å². The molecule has 1 N–H and O–H groups in total. The SMILES string of the molecule is O=C(/C=C/c1ccc([N+](=O)[O-])cc1)Nc1nnc(-c2ccccc2)s1. The maximum Gasteiger partial charge on any atom is 0.269 e. The Balaban J connectivity index is 1.63. The van der Waals surface area contributed by atoms with E-state index in [1.54, 1.807) is 18.2 Å². The summed E-state index contributed by atoms with van der Waals surface area (Å²) in [7, 11) is 0. The van der Waals surface area contributed by atoms with Crippen LogP contribution >= 0.6 is 11.3 Å². The molecule has 3 aromatic rings. The molecule has 25 heavy (non-hydrogen) atoms. The van der Waals surface area contributed by atoms with Crippen molar-refractivity contribution in [2.75, 3.05) is 5.32 Å². The Hall–Kier alpha value is -3.39. The average Bonchev–Trinajstić information content (AvgIpc) is 3.09. The summed E-state index contributed by atoms with van der Waals surface area (Å²) in [5.74, 6) is -0.353. The second-order valence-electron chi connectivity index (χ2n) is 4.95. The molecule has 2 aromatic carbocycles. The molecule has 124 valence electrons. The van der Waals surface area contributed by atoms with Crippen LogP contribution in [-0.2, 0) is 4.79 Å². The van der Waals surface area contributed by atoms with Crippen molar-refractivity contribution in [3.63, 3.8) is 0 Å². The fraction of sp³-hybridized carbons (Fsp3) is 0. The minimum atomic E-state index is -0.472.